The highest BCUT2D eigenvalue weighted by atomic mass is 35.5. The number of anilines is 1. The molecule has 2 N–H and O–H groups in total. The zero-order valence-electron chi connectivity index (χ0n) is 16.3. The largest absolute Gasteiger partial charge is 0.341 e. The van der Waals surface area contributed by atoms with Crippen molar-refractivity contribution in [2.75, 3.05) is 18.4 Å². The number of H-pyrrole nitrogens is 1. The van der Waals surface area contributed by atoms with E-state index in [0.717, 1.165) is 60.6 Å². The molecule has 6 heteroatoms. The fourth-order valence-electron chi connectivity index (χ4n) is 3.73. The molecule has 0 saturated carbocycles. The summed E-state index contributed by atoms with van der Waals surface area (Å²) in [5, 5.41) is 3.68. The molecule has 1 aliphatic heterocycles. The molecule has 0 radical (unpaired) electrons. The molecule has 146 valence electrons. The SMILES string of the molecule is Cc1ccc2nc(CN3CCC(C(=O)Nc4ccc(C)c(Cl)c4)CC3)[nH]c2c1. The van der Waals surface area contributed by atoms with Gasteiger partial charge in [0.2, 0.25) is 5.91 Å². The Hall–Kier alpha value is -2.37. The highest BCUT2D eigenvalue weighted by Gasteiger charge is 2.25. The number of hydrogen-bond donors (Lipinski definition) is 2. The van der Waals surface area contributed by atoms with Crippen LogP contribution >= 0.6 is 11.6 Å². The van der Waals surface area contributed by atoms with E-state index in [1.165, 1.54) is 5.56 Å². The Bertz CT molecular complexity index is 1000. The molecule has 0 aliphatic carbocycles. The summed E-state index contributed by atoms with van der Waals surface area (Å²) in [4.78, 5) is 23.0. The number of aromatic nitrogens is 2. The maximum atomic E-state index is 12.6. The van der Waals surface area contributed by atoms with Crippen molar-refractivity contribution in [2.24, 2.45) is 5.92 Å². The molecule has 28 heavy (non-hydrogen) atoms. The first-order valence-electron chi connectivity index (χ1n) is 9.72. The average molecular weight is 397 g/mol. The Kier molecular flexibility index (Phi) is 5.38. The zero-order valence-corrected chi connectivity index (χ0v) is 17.0. The second-order valence-electron chi connectivity index (χ2n) is 7.71. The lowest BCUT2D eigenvalue weighted by Crippen LogP contribution is -2.38. The molecule has 0 spiro atoms. The molecular weight excluding hydrogens is 372 g/mol. The maximum Gasteiger partial charge on any atom is 0.227 e. The monoisotopic (exact) mass is 396 g/mol. The van der Waals surface area contributed by atoms with Gasteiger partial charge >= 0.3 is 0 Å². The molecule has 1 aromatic heterocycles. The maximum absolute atomic E-state index is 12.6. The first-order valence-corrected chi connectivity index (χ1v) is 10.1. The molecule has 1 fully saturated rings. The number of piperidine rings is 1. The van der Waals surface area contributed by atoms with E-state index in [1.807, 2.05) is 25.1 Å². The van der Waals surface area contributed by atoms with Gasteiger partial charge in [0.1, 0.15) is 5.82 Å². The molecule has 0 atom stereocenters. The van der Waals surface area contributed by atoms with Crippen LogP contribution in [-0.4, -0.2) is 33.9 Å². The molecule has 1 aliphatic rings. The highest BCUT2D eigenvalue weighted by molar-refractivity contribution is 6.31. The van der Waals surface area contributed by atoms with Crippen LogP contribution in [0.1, 0.15) is 29.8 Å². The summed E-state index contributed by atoms with van der Waals surface area (Å²) in [5.74, 6) is 1.10. The summed E-state index contributed by atoms with van der Waals surface area (Å²) in [5.41, 5.74) is 5.09. The summed E-state index contributed by atoms with van der Waals surface area (Å²) in [6, 6.07) is 11.9. The lowest BCUT2D eigenvalue weighted by atomic mass is 9.95. The number of aromatic amines is 1. The van der Waals surface area contributed by atoms with Gasteiger partial charge in [-0.3, -0.25) is 9.69 Å². The summed E-state index contributed by atoms with van der Waals surface area (Å²) in [6.07, 6.45) is 1.70. The van der Waals surface area contributed by atoms with E-state index in [0.29, 0.717) is 5.02 Å². The van der Waals surface area contributed by atoms with Gasteiger partial charge in [0.25, 0.3) is 0 Å². The number of nitrogens with zero attached hydrogens (tertiary/aromatic N) is 2. The summed E-state index contributed by atoms with van der Waals surface area (Å²) in [6.45, 7) is 6.61. The Morgan fingerprint density at radius 2 is 2.00 bits per heavy atom. The third kappa shape index (κ3) is 4.21. The van der Waals surface area contributed by atoms with Crippen molar-refractivity contribution in [1.82, 2.24) is 14.9 Å². The number of rotatable bonds is 4. The number of imidazole rings is 1. The fraction of sp³-hybridized carbons (Fsp3) is 0.364. The van der Waals surface area contributed by atoms with Gasteiger partial charge in [-0.05, 0) is 75.2 Å². The summed E-state index contributed by atoms with van der Waals surface area (Å²) in [7, 11) is 0. The Morgan fingerprint density at radius 3 is 2.75 bits per heavy atom. The molecule has 0 bridgehead atoms. The van der Waals surface area contributed by atoms with Crippen molar-refractivity contribution in [2.45, 2.75) is 33.2 Å². The van der Waals surface area contributed by atoms with E-state index in [9.17, 15) is 4.79 Å². The minimum Gasteiger partial charge on any atom is -0.341 e. The number of fused-ring (bicyclic) bond motifs is 1. The van der Waals surface area contributed by atoms with Gasteiger partial charge in [-0.1, -0.05) is 23.7 Å². The Balaban J connectivity index is 1.32. The number of aryl methyl sites for hydroxylation is 2. The minimum atomic E-state index is 0.0367. The average Bonchev–Trinajstić information content (AvgIpc) is 3.06. The second kappa shape index (κ2) is 7.94. The first-order chi connectivity index (χ1) is 13.5. The smallest absolute Gasteiger partial charge is 0.227 e. The lowest BCUT2D eigenvalue weighted by Gasteiger charge is -2.30. The number of benzene rings is 2. The number of carbonyl (C=O) groups is 1. The van der Waals surface area contributed by atoms with Crippen molar-refractivity contribution < 1.29 is 4.79 Å². The van der Waals surface area contributed by atoms with Crippen molar-refractivity contribution >= 4 is 34.2 Å². The molecule has 4 rings (SSSR count). The van der Waals surface area contributed by atoms with E-state index in [2.05, 4.69) is 45.3 Å². The van der Waals surface area contributed by atoms with Crippen LogP contribution in [0.4, 0.5) is 5.69 Å². The number of hydrogen-bond acceptors (Lipinski definition) is 3. The van der Waals surface area contributed by atoms with Gasteiger partial charge in [0.15, 0.2) is 0 Å². The van der Waals surface area contributed by atoms with Crippen LogP contribution in [0.2, 0.25) is 5.02 Å². The number of nitrogens with one attached hydrogen (secondary N) is 2. The van der Waals surface area contributed by atoms with E-state index in [1.54, 1.807) is 0 Å². The van der Waals surface area contributed by atoms with Gasteiger partial charge in [-0.15, -0.1) is 0 Å². The predicted octanol–water partition coefficient (Wildman–Crippen LogP) is 4.68. The molecule has 0 unspecified atom stereocenters. The molecule has 1 saturated heterocycles. The van der Waals surface area contributed by atoms with Crippen LogP contribution in [0, 0.1) is 19.8 Å². The number of likely N-dealkylation sites (tertiary alicyclic amines) is 1. The minimum absolute atomic E-state index is 0.0367. The molecule has 2 aromatic carbocycles. The van der Waals surface area contributed by atoms with Gasteiger partial charge in [-0.25, -0.2) is 4.98 Å². The summed E-state index contributed by atoms with van der Waals surface area (Å²) >= 11 is 6.15. The van der Waals surface area contributed by atoms with Gasteiger partial charge in [-0.2, -0.15) is 0 Å². The highest BCUT2D eigenvalue weighted by Crippen LogP contribution is 2.24. The normalized spacial score (nSPS) is 15.8. The van der Waals surface area contributed by atoms with Crippen LogP contribution in [0.25, 0.3) is 11.0 Å². The predicted molar refractivity (Wildman–Crippen MR) is 114 cm³/mol. The first kappa shape index (κ1) is 19.0. The van der Waals surface area contributed by atoms with Crippen molar-refractivity contribution in [3.8, 4) is 0 Å². The van der Waals surface area contributed by atoms with Gasteiger partial charge in [0, 0.05) is 16.6 Å². The lowest BCUT2D eigenvalue weighted by molar-refractivity contribution is -0.121. The summed E-state index contributed by atoms with van der Waals surface area (Å²) < 4.78 is 0. The molecule has 5 nitrogen and oxygen atoms in total. The van der Waals surface area contributed by atoms with Crippen LogP contribution in [0.3, 0.4) is 0 Å². The van der Waals surface area contributed by atoms with Crippen molar-refractivity contribution in [3.63, 3.8) is 0 Å². The Morgan fingerprint density at radius 1 is 1.21 bits per heavy atom. The van der Waals surface area contributed by atoms with Gasteiger partial charge in [0.05, 0.1) is 17.6 Å². The van der Waals surface area contributed by atoms with Crippen LogP contribution < -0.4 is 5.32 Å². The number of halogens is 1. The van der Waals surface area contributed by atoms with Crippen molar-refractivity contribution in [3.05, 3.63) is 58.4 Å². The van der Waals surface area contributed by atoms with Gasteiger partial charge < -0.3 is 10.3 Å². The van der Waals surface area contributed by atoms with Crippen LogP contribution in [0.5, 0.6) is 0 Å². The van der Waals surface area contributed by atoms with E-state index in [4.69, 9.17) is 11.6 Å². The molecule has 1 amide bonds. The number of carbonyl (C=O) groups excluding carboxylic acids is 1. The topological polar surface area (TPSA) is 61.0 Å². The van der Waals surface area contributed by atoms with Crippen molar-refractivity contribution in [1.29, 1.82) is 0 Å². The van der Waals surface area contributed by atoms with E-state index < -0.39 is 0 Å². The van der Waals surface area contributed by atoms with Crippen LogP contribution in [0.15, 0.2) is 36.4 Å². The Labute approximate surface area is 170 Å². The zero-order chi connectivity index (χ0) is 19.7. The third-order valence-corrected chi connectivity index (χ3v) is 5.86. The molecular formula is C22H25ClN4O. The third-order valence-electron chi connectivity index (χ3n) is 5.46. The molecule has 3 aromatic rings. The number of amides is 1. The quantitative estimate of drug-likeness (QED) is 0.672. The van der Waals surface area contributed by atoms with E-state index in [-0.39, 0.29) is 11.8 Å². The van der Waals surface area contributed by atoms with Crippen LogP contribution in [-0.2, 0) is 11.3 Å². The second-order valence-corrected chi connectivity index (χ2v) is 8.11. The molecule has 2 heterocycles. The fourth-order valence-corrected chi connectivity index (χ4v) is 3.91. The van der Waals surface area contributed by atoms with E-state index >= 15 is 0 Å². The standard InChI is InChI=1S/C22H25ClN4O/c1-14-3-6-19-20(11-14)26-21(25-19)13-27-9-7-16(8-10-27)22(28)24-17-5-4-15(2)18(23)12-17/h3-6,11-12,16H,7-10,13H2,1-2H3,(H,24,28)(H,25,26).